The summed E-state index contributed by atoms with van der Waals surface area (Å²) >= 11 is 1.54. The normalized spacial score (nSPS) is 18.1. The first-order chi connectivity index (χ1) is 10.7. The molecule has 6 nitrogen and oxygen atoms in total. The van der Waals surface area contributed by atoms with Gasteiger partial charge in [-0.05, 0) is 31.0 Å². The van der Waals surface area contributed by atoms with Gasteiger partial charge in [-0.2, -0.15) is 0 Å². The first kappa shape index (κ1) is 15.2. The summed E-state index contributed by atoms with van der Waals surface area (Å²) in [5.41, 5.74) is 1.43. The topological polar surface area (TPSA) is 85.7 Å². The molecule has 1 saturated heterocycles. The summed E-state index contributed by atoms with van der Waals surface area (Å²) < 4.78 is 0.954. The van der Waals surface area contributed by atoms with Crippen molar-refractivity contribution in [3.8, 4) is 0 Å². The van der Waals surface area contributed by atoms with Crippen molar-refractivity contribution >= 4 is 32.6 Å². The number of nitrogens with zero attached hydrogens (tertiary/aromatic N) is 2. The number of aliphatic hydroxyl groups excluding tert-OH is 2. The minimum absolute atomic E-state index is 0.0732. The molecule has 1 aromatic carbocycles. The van der Waals surface area contributed by atoms with Crippen LogP contribution >= 0.6 is 11.3 Å². The van der Waals surface area contributed by atoms with Crippen LogP contribution in [-0.2, 0) is 0 Å². The molecule has 0 saturated carbocycles. The van der Waals surface area contributed by atoms with Crippen molar-refractivity contribution in [1.29, 1.82) is 0 Å². The molecule has 0 aliphatic carbocycles. The maximum Gasteiger partial charge on any atom is 0.251 e. The lowest BCUT2D eigenvalue weighted by molar-refractivity contribution is 0.0945. The first-order valence-electron chi connectivity index (χ1n) is 7.40. The van der Waals surface area contributed by atoms with Crippen LogP contribution < -0.4 is 10.2 Å². The minimum atomic E-state index is -0.194. The molecule has 1 amide bonds. The number of hydrogen-bond donors (Lipinski definition) is 3. The zero-order valence-corrected chi connectivity index (χ0v) is 13.0. The Labute approximate surface area is 132 Å². The summed E-state index contributed by atoms with van der Waals surface area (Å²) in [6, 6.07) is 5.56. The molecule has 1 aliphatic heterocycles. The average Bonchev–Trinajstić information content (AvgIpc) is 3.16. The Morgan fingerprint density at radius 1 is 1.45 bits per heavy atom. The molecular weight excluding hydrogens is 302 g/mol. The number of carbonyl (C=O) groups is 1. The van der Waals surface area contributed by atoms with E-state index >= 15 is 0 Å². The number of amides is 1. The van der Waals surface area contributed by atoms with Gasteiger partial charge in [0, 0.05) is 18.7 Å². The number of fused-ring (bicyclic) bond motifs is 1. The Balaban J connectivity index is 1.85. The van der Waals surface area contributed by atoms with Crippen LogP contribution in [0.15, 0.2) is 18.2 Å². The highest BCUT2D eigenvalue weighted by Gasteiger charge is 2.26. The second-order valence-corrected chi connectivity index (χ2v) is 6.34. The molecular formula is C15H19N3O3S. The lowest BCUT2D eigenvalue weighted by Crippen LogP contribution is -2.31. The number of benzene rings is 1. The second kappa shape index (κ2) is 6.60. The molecule has 1 unspecified atom stereocenters. The quantitative estimate of drug-likeness (QED) is 0.764. The van der Waals surface area contributed by atoms with Crippen molar-refractivity contribution in [3.05, 3.63) is 23.8 Å². The highest BCUT2D eigenvalue weighted by molar-refractivity contribution is 7.22. The standard InChI is InChI=1S/C15H19N3O3S/c19-7-5-16-14(21)10-3-4-12-13(8-10)22-15(17-12)18-6-1-2-11(18)9-20/h3-4,8,11,19-20H,1-2,5-7,9H2,(H,16,21). The molecule has 0 bridgehead atoms. The van der Waals surface area contributed by atoms with Crippen molar-refractivity contribution in [2.24, 2.45) is 0 Å². The van der Waals surface area contributed by atoms with Gasteiger partial charge < -0.3 is 20.4 Å². The monoisotopic (exact) mass is 321 g/mol. The van der Waals surface area contributed by atoms with Gasteiger partial charge in [-0.25, -0.2) is 4.98 Å². The minimum Gasteiger partial charge on any atom is -0.395 e. The zero-order chi connectivity index (χ0) is 15.5. The zero-order valence-electron chi connectivity index (χ0n) is 12.2. The Hall–Kier alpha value is -1.70. The number of thiazole rings is 1. The van der Waals surface area contributed by atoms with Crippen LogP contribution in [0.2, 0.25) is 0 Å². The van der Waals surface area contributed by atoms with Crippen molar-refractivity contribution < 1.29 is 15.0 Å². The van der Waals surface area contributed by atoms with Crippen LogP contribution in [0.4, 0.5) is 5.13 Å². The number of carbonyl (C=O) groups excluding carboxylic acids is 1. The largest absolute Gasteiger partial charge is 0.395 e. The van der Waals surface area contributed by atoms with Gasteiger partial charge in [0.2, 0.25) is 0 Å². The van der Waals surface area contributed by atoms with Crippen LogP contribution in [0.1, 0.15) is 23.2 Å². The average molecular weight is 321 g/mol. The molecule has 1 atom stereocenters. The van der Waals surface area contributed by atoms with E-state index in [1.54, 1.807) is 17.4 Å². The van der Waals surface area contributed by atoms with E-state index in [9.17, 15) is 9.90 Å². The van der Waals surface area contributed by atoms with E-state index in [1.165, 1.54) is 0 Å². The summed E-state index contributed by atoms with van der Waals surface area (Å²) in [5.74, 6) is -0.194. The van der Waals surface area contributed by atoms with E-state index in [2.05, 4.69) is 15.2 Å². The molecule has 2 heterocycles. The third kappa shape index (κ3) is 2.92. The van der Waals surface area contributed by atoms with Crippen molar-refractivity contribution in [3.63, 3.8) is 0 Å². The van der Waals surface area contributed by atoms with Gasteiger partial charge in [0.05, 0.1) is 29.5 Å². The molecule has 0 radical (unpaired) electrons. The van der Waals surface area contributed by atoms with Gasteiger partial charge in [-0.1, -0.05) is 11.3 Å². The smallest absolute Gasteiger partial charge is 0.251 e. The molecule has 1 aliphatic rings. The predicted octanol–water partition coefficient (Wildman–Crippen LogP) is 0.979. The lowest BCUT2D eigenvalue weighted by Gasteiger charge is -2.21. The van der Waals surface area contributed by atoms with E-state index in [4.69, 9.17) is 5.11 Å². The van der Waals surface area contributed by atoms with E-state index in [-0.39, 0.29) is 31.7 Å². The van der Waals surface area contributed by atoms with Gasteiger partial charge in [-0.15, -0.1) is 0 Å². The number of aliphatic hydroxyl groups is 2. The summed E-state index contributed by atoms with van der Waals surface area (Å²) in [7, 11) is 0. The molecule has 1 fully saturated rings. The molecule has 22 heavy (non-hydrogen) atoms. The van der Waals surface area contributed by atoms with E-state index in [0.29, 0.717) is 5.56 Å². The number of nitrogens with one attached hydrogen (secondary N) is 1. The van der Waals surface area contributed by atoms with Crippen molar-refractivity contribution in [2.45, 2.75) is 18.9 Å². The highest BCUT2D eigenvalue weighted by atomic mass is 32.1. The van der Waals surface area contributed by atoms with Gasteiger partial charge in [0.1, 0.15) is 0 Å². The molecule has 0 spiro atoms. The van der Waals surface area contributed by atoms with E-state index in [1.807, 2.05) is 12.1 Å². The summed E-state index contributed by atoms with van der Waals surface area (Å²) in [6.07, 6.45) is 2.05. The summed E-state index contributed by atoms with van der Waals surface area (Å²) in [4.78, 5) is 18.7. The third-order valence-electron chi connectivity index (χ3n) is 3.87. The van der Waals surface area contributed by atoms with Crippen LogP contribution in [0, 0.1) is 0 Å². The maximum absolute atomic E-state index is 11.9. The highest BCUT2D eigenvalue weighted by Crippen LogP contribution is 2.33. The fourth-order valence-electron chi connectivity index (χ4n) is 2.73. The van der Waals surface area contributed by atoms with Crippen LogP contribution in [0.25, 0.3) is 10.2 Å². The number of rotatable bonds is 5. The van der Waals surface area contributed by atoms with E-state index in [0.717, 1.165) is 34.7 Å². The Kier molecular flexibility index (Phi) is 4.56. The van der Waals surface area contributed by atoms with Gasteiger partial charge >= 0.3 is 0 Å². The van der Waals surface area contributed by atoms with Gasteiger partial charge in [0.25, 0.3) is 5.91 Å². The van der Waals surface area contributed by atoms with Gasteiger partial charge in [-0.3, -0.25) is 4.79 Å². The fraction of sp³-hybridized carbons (Fsp3) is 0.467. The van der Waals surface area contributed by atoms with Crippen LogP contribution in [-0.4, -0.2) is 53.4 Å². The van der Waals surface area contributed by atoms with Crippen molar-refractivity contribution in [1.82, 2.24) is 10.3 Å². The van der Waals surface area contributed by atoms with Crippen molar-refractivity contribution in [2.75, 3.05) is 31.2 Å². The van der Waals surface area contributed by atoms with Gasteiger partial charge in [0.15, 0.2) is 5.13 Å². The molecule has 3 N–H and O–H groups in total. The number of anilines is 1. The lowest BCUT2D eigenvalue weighted by atomic mass is 10.2. The fourth-order valence-corrected chi connectivity index (χ4v) is 3.83. The summed E-state index contributed by atoms with van der Waals surface area (Å²) in [5, 5.41) is 21.7. The third-order valence-corrected chi connectivity index (χ3v) is 4.93. The predicted molar refractivity (Wildman–Crippen MR) is 86.5 cm³/mol. The SMILES string of the molecule is O=C(NCCO)c1ccc2nc(N3CCCC3CO)sc2c1. The molecule has 2 aromatic rings. The Bertz CT molecular complexity index is 673. The van der Waals surface area contributed by atoms with Crippen LogP contribution in [0.3, 0.4) is 0 Å². The maximum atomic E-state index is 11.9. The summed E-state index contributed by atoms with van der Waals surface area (Å²) in [6.45, 7) is 1.23. The second-order valence-electron chi connectivity index (χ2n) is 5.33. The molecule has 7 heteroatoms. The number of hydrogen-bond acceptors (Lipinski definition) is 6. The molecule has 3 rings (SSSR count). The number of aromatic nitrogens is 1. The Morgan fingerprint density at radius 2 is 2.32 bits per heavy atom. The van der Waals surface area contributed by atoms with E-state index < -0.39 is 0 Å². The van der Waals surface area contributed by atoms with Crippen LogP contribution in [0.5, 0.6) is 0 Å². The first-order valence-corrected chi connectivity index (χ1v) is 8.21. The Morgan fingerprint density at radius 3 is 3.09 bits per heavy atom. The molecule has 1 aromatic heterocycles. The molecule has 118 valence electrons.